The number of hydrogen-bond acceptors (Lipinski definition) is 6. The fourth-order valence-electron chi connectivity index (χ4n) is 3.07. The number of rotatable bonds is 4. The molecule has 1 fully saturated rings. The highest BCUT2D eigenvalue weighted by Gasteiger charge is 2.28. The van der Waals surface area contributed by atoms with E-state index in [1.165, 1.54) is 5.56 Å². The fourth-order valence-corrected chi connectivity index (χ4v) is 3.56. The summed E-state index contributed by atoms with van der Waals surface area (Å²) in [6.07, 6.45) is 0.243. The van der Waals surface area contributed by atoms with E-state index in [1.54, 1.807) is 0 Å². The second kappa shape index (κ2) is 6.86. The molecule has 8 heteroatoms. The predicted octanol–water partition coefficient (Wildman–Crippen LogP) is 1.53. The lowest BCUT2D eigenvalue weighted by atomic mass is 10.1. The summed E-state index contributed by atoms with van der Waals surface area (Å²) < 4.78 is 1.14. The van der Waals surface area contributed by atoms with E-state index in [4.69, 9.17) is 5.73 Å². The Hall–Kier alpha value is -1.64. The number of nitrogens with two attached hydrogens (primary N) is 1. The van der Waals surface area contributed by atoms with Gasteiger partial charge in [0, 0.05) is 30.7 Å². The molecule has 124 valence electrons. The second-order valence-corrected chi connectivity index (χ2v) is 6.77. The summed E-state index contributed by atoms with van der Waals surface area (Å²) in [6, 6.07) is 8.41. The second-order valence-electron chi connectivity index (χ2n) is 5.92. The third-order valence-corrected chi connectivity index (χ3v) is 4.85. The maximum atomic E-state index is 5.62. The Morgan fingerprint density at radius 2 is 1.87 bits per heavy atom. The predicted molar refractivity (Wildman–Crippen MR) is 95.2 cm³/mol. The van der Waals surface area contributed by atoms with Crippen molar-refractivity contribution < 1.29 is 0 Å². The van der Waals surface area contributed by atoms with E-state index in [1.807, 2.05) is 6.07 Å². The van der Waals surface area contributed by atoms with E-state index >= 15 is 0 Å². The SMILES string of the molecule is CN(C)C(c1ccccc1Br)N1CCN(c2nnc(N)[nH]2)CC1. The number of nitrogens with zero attached hydrogens (tertiary/aromatic N) is 5. The quantitative estimate of drug-likeness (QED) is 0.838. The van der Waals surface area contributed by atoms with Gasteiger partial charge in [-0.15, -0.1) is 10.2 Å². The molecule has 0 bridgehead atoms. The zero-order chi connectivity index (χ0) is 16.4. The molecule has 1 saturated heterocycles. The van der Waals surface area contributed by atoms with Crippen molar-refractivity contribution in [2.45, 2.75) is 6.17 Å². The molecule has 3 N–H and O–H groups in total. The van der Waals surface area contributed by atoms with Crippen molar-refractivity contribution in [3.63, 3.8) is 0 Å². The van der Waals surface area contributed by atoms with Crippen LogP contribution in [-0.2, 0) is 0 Å². The van der Waals surface area contributed by atoms with Crippen molar-refractivity contribution in [3.05, 3.63) is 34.3 Å². The molecule has 1 aliphatic heterocycles. The van der Waals surface area contributed by atoms with Gasteiger partial charge in [-0.3, -0.25) is 14.8 Å². The number of benzene rings is 1. The average molecular weight is 380 g/mol. The minimum absolute atomic E-state index is 0.243. The van der Waals surface area contributed by atoms with Gasteiger partial charge in [-0.1, -0.05) is 34.1 Å². The Morgan fingerprint density at radius 1 is 1.17 bits per heavy atom. The highest BCUT2D eigenvalue weighted by atomic mass is 79.9. The first kappa shape index (κ1) is 16.2. The van der Waals surface area contributed by atoms with Crippen LogP contribution in [0.5, 0.6) is 0 Å². The zero-order valence-corrected chi connectivity index (χ0v) is 15.0. The molecular formula is C15H22BrN7. The molecule has 0 radical (unpaired) electrons. The van der Waals surface area contributed by atoms with Crippen molar-refractivity contribution in [3.8, 4) is 0 Å². The molecule has 23 heavy (non-hydrogen) atoms. The van der Waals surface area contributed by atoms with Gasteiger partial charge in [0.2, 0.25) is 11.9 Å². The van der Waals surface area contributed by atoms with E-state index in [0.29, 0.717) is 5.95 Å². The molecule has 0 saturated carbocycles. The van der Waals surface area contributed by atoms with Gasteiger partial charge in [-0.05, 0) is 25.7 Å². The molecule has 0 amide bonds. The molecule has 2 aromatic rings. The Bertz CT molecular complexity index is 649. The van der Waals surface area contributed by atoms with Crippen molar-refractivity contribution in [2.24, 2.45) is 0 Å². The average Bonchev–Trinajstić information content (AvgIpc) is 2.96. The Morgan fingerprint density at radius 3 is 2.43 bits per heavy atom. The molecule has 1 aliphatic rings. The van der Waals surface area contributed by atoms with Crippen LogP contribution in [0.3, 0.4) is 0 Å². The number of nitrogen functional groups attached to an aromatic ring is 1. The van der Waals surface area contributed by atoms with Crippen molar-refractivity contribution in [2.75, 3.05) is 50.9 Å². The summed E-state index contributed by atoms with van der Waals surface area (Å²) in [5.41, 5.74) is 6.90. The van der Waals surface area contributed by atoms with E-state index in [9.17, 15) is 0 Å². The summed E-state index contributed by atoms with van der Waals surface area (Å²) >= 11 is 3.68. The Kier molecular flexibility index (Phi) is 4.84. The Labute approximate surface area is 144 Å². The number of hydrogen-bond donors (Lipinski definition) is 2. The first-order valence-corrected chi connectivity index (χ1v) is 8.43. The smallest absolute Gasteiger partial charge is 0.226 e. The first-order valence-electron chi connectivity index (χ1n) is 7.64. The molecule has 2 heterocycles. The van der Waals surface area contributed by atoms with Gasteiger partial charge in [-0.25, -0.2) is 0 Å². The molecule has 7 nitrogen and oxygen atoms in total. The maximum absolute atomic E-state index is 5.62. The maximum Gasteiger partial charge on any atom is 0.226 e. The van der Waals surface area contributed by atoms with Gasteiger partial charge >= 0.3 is 0 Å². The van der Waals surface area contributed by atoms with Crippen LogP contribution in [0.2, 0.25) is 0 Å². The van der Waals surface area contributed by atoms with Gasteiger partial charge in [0.05, 0.1) is 6.17 Å². The standard InChI is InChI=1S/C15H22BrN7/c1-21(2)13(11-5-3-4-6-12(11)16)22-7-9-23(10-8-22)15-18-14(17)19-20-15/h3-6,13H,7-10H2,1-2H3,(H3,17,18,19,20). The lowest BCUT2D eigenvalue weighted by molar-refractivity contribution is 0.0723. The van der Waals surface area contributed by atoms with Crippen LogP contribution >= 0.6 is 15.9 Å². The minimum Gasteiger partial charge on any atom is -0.368 e. The number of aromatic nitrogens is 3. The van der Waals surface area contributed by atoms with Crippen LogP contribution in [0.15, 0.2) is 28.7 Å². The highest BCUT2D eigenvalue weighted by Crippen LogP contribution is 2.30. The third kappa shape index (κ3) is 3.49. The number of H-pyrrole nitrogens is 1. The van der Waals surface area contributed by atoms with Crippen LogP contribution in [0, 0.1) is 0 Å². The van der Waals surface area contributed by atoms with Crippen LogP contribution in [0.1, 0.15) is 11.7 Å². The van der Waals surface area contributed by atoms with Crippen LogP contribution in [0.4, 0.5) is 11.9 Å². The molecule has 0 aliphatic carbocycles. The third-order valence-electron chi connectivity index (χ3n) is 4.12. The van der Waals surface area contributed by atoms with Gasteiger partial charge in [0.1, 0.15) is 0 Å². The fraction of sp³-hybridized carbons (Fsp3) is 0.467. The van der Waals surface area contributed by atoms with E-state index in [2.05, 4.69) is 78.1 Å². The zero-order valence-electron chi connectivity index (χ0n) is 13.4. The molecule has 1 unspecified atom stereocenters. The molecule has 0 spiro atoms. The van der Waals surface area contributed by atoms with Gasteiger partial charge in [0.15, 0.2) is 0 Å². The summed E-state index contributed by atoms with van der Waals surface area (Å²) in [5, 5.41) is 7.91. The van der Waals surface area contributed by atoms with Crippen LogP contribution in [0.25, 0.3) is 0 Å². The van der Waals surface area contributed by atoms with E-state index in [-0.39, 0.29) is 6.17 Å². The largest absolute Gasteiger partial charge is 0.368 e. The summed E-state index contributed by atoms with van der Waals surface area (Å²) in [6.45, 7) is 3.68. The molecule has 1 atom stereocenters. The Balaban J connectivity index is 1.73. The highest BCUT2D eigenvalue weighted by molar-refractivity contribution is 9.10. The minimum atomic E-state index is 0.243. The molecule has 1 aromatic carbocycles. The monoisotopic (exact) mass is 379 g/mol. The van der Waals surface area contributed by atoms with Crippen molar-refractivity contribution >= 4 is 27.8 Å². The number of piperazine rings is 1. The number of aromatic amines is 1. The normalized spacial score (nSPS) is 17.7. The van der Waals surface area contributed by atoms with Gasteiger partial charge in [-0.2, -0.15) is 0 Å². The van der Waals surface area contributed by atoms with Crippen LogP contribution in [-0.4, -0.2) is 65.3 Å². The summed E-state index contributed by atoms with van der Waals surface area (Å²) in [7, 11) is 4.24. The number of anilines is 2. The first-order chi connectivity index (χ1) is 11.1. The van der Waals surface area contributed by atoms with E-state index < -0.39 is 0 Å². The number of nitrogens with one attached hydrogen (secondary N) is 1. The summed E-state index contributed by atoms with van der Waals surface area (Å²) in [4.78, 5) is 9.92. The summed E-state index contributed by atoms with van der Waals surface area (Å²) in [5.74, 6) is 1.12. The molecule has 1 aromatic heterocycles. The number of halogens is 1. The van der Waals surface area contributed by atoms with Gasteiger partial charge < -0.3 is 10.6 Å². The lowest BCUT2D eigenvalue weighted by Gasteiger charge is -2.42. The molecular weight excluding hydrogens is 358 g/mol. The topological polar surface area (TPSA) is 77.3 Å². The van der Waals surface area contributed by atoms with Crippen LogP contribution < -0.4 is 10.6 Å². The molecule has 3 rings (SSSR count). The van der Waals surface area contributed by atoms with Crippen molar-refractivity contribution in [1.29, 1.82) is 0 Å². The van der Waals surface area contributed by atoms with Crippen molar-refractivity contribution in [1.82, 2.24) is 25.0 Å². The lowest BCUT2D eigenvalue weighted by Crippen LogP contribution is -2.50. The van der Waals surface area contributed by atoms with Gasteiger partial charge in [0.25, 0.3) is 0 Å². The van der Waals surface area contributed by atoms with E-state index in [0.717, 1.165) is 36.6 Å².